The van der Waals surface area contributed by atoms with Crippen LogP contribution in [0.15, 0.2) is 12.1 Å². The molecule has 0 saturated carbocycles. The molecule has 0 aliphatic rings. The summed E-state index contributed by atoms with van der Waals surface area (Å²) in [6.07, 6.45) is 0. The van der Waals surface area contributed by atoms with Gasteiger partial charge < -0.3 is 5.73 Å². The Morgan fingerprint density at radius 2 is 2.29 bits per heavy atom. The van der Waals surface area contributed by atoms with Crippen molar-refractivity contribution in [3.8, 4) is 6.07 Å². The van der Waals surface area contributed by atoms with E-state index in [4.69, 9.17) is 11.0 Å². The molecule has 0 aliphatic heterocycles. The highest BCUT2D eigenvalue weighted by molar-refractivity contribution is 14.1. The fourth-order valence-corrected chi connectivity index (χ4v) is 1.86. The summed E-state index contributed by atoms with van der Waals surface area (Å²) in [6, 6.07) is 4.54. The lowest BCUT2D eigenvalue weighted by atomic mass is 10.1. The SMILES string of the molecule is N#Cc1cc([N+](=O)[O-])cc(I)c1CN. The average Bonchev–Trinajstić information content (AvgIpc) is 2.16. The standard InChI is InChI=1S/C8H6IN3O2/c9-8-2-6(12(13)14)1-5(3-10)7(8)4-11/h1-2H,4,11H2. The summed E-state index contributed by atoms with van der Waals surface area (Å²) in [4.78, 5) is 9.96. The molecule has 0 amide bonds. The Bertz CT molecular complexity index is 425. The maximum Gasteiger partial charge on any atom is 0.271 e. The lowest BCUT2D eigenvalue weighted by Gasteiger charge is -2.03. The molecule has 0 heterocycles. The van der Waals surface area contributed by atoms with Gasteiger partial charge in [0.2, 0.25) is 0 Å². The van der Waals surface area contributed by atoms with Gasteiger partial charge in [-0.15, -0.1) is 0 Å². The molecule has 0 atom stereocenters. The zero-order valence-electron chi connectivity index (χ0n) is 7.03. The van der Waals surface area contributed by atoms with E-state index in [-0.39, 0.29) is 17.8 Å². The molecule has 0 aromatic heterocycles. The number of nitrogens with two attached hydrogens (primary N) is 1. The van der Waals surface area contributed by atoms with E-state index in [0.29, 0.717) is 9.13 Å². The van der Waals surface area contributed by atoms with E-state index in [9.17, 15) is 10.1 Å². The number of rotatable bonds is 2. The number of nitro groups is 1. The zero-order chi connectivity index (χ0) is 10.7. The van der Waals surface area contributed by atoms with Crippen LogP contribution in [0, 0.1) is 25.0 Å². The second kappa shape index (κ2) is 4.34. The summed E-state index contributed by atoms with van der Waals surface area (Å²) in [5.41, 5.74) is 6.27. The molecule has 0 bridgehead atoms. The Morgan fingerprint density at radius 1 is 1.64 bits per heavy atom. The molecule has 2 N–H and O–H groups in total. The minimum absolute atomic E-state index is 0.0804. The summed E-state index contributed by atoms with van der Waals surface area (Å²) in [5.74, 6) is 0. The second-order valence-corrected chi connectivity index (χ2v) is 3.69. The van der Waals surface area contributed by atoms with E-state index in [2.05, 4.69) is 0 Å². The number of non-ortho nitro benzene ring substituents is 1. The van der Waals surface area contributed by atoms with Crippen LogP contribution in [0.5, 0.6) is 0 Å². The number of nitriles is 1. The van der Waals surface area contributed by atoms with E-state index >= 15 is 0 Å². The Kier molecular flexibility index (Phi) is 3.38. The number of nitrogens with zero attached hydrogens (tertiary/aromatic N) is 2. The third-order valence-electron chi connectivity index (χ3n) is 1.72. The van der Waals surface area contributed by atoms with Crippen LogP contribution in [-0.2, 0) is 6.54 Å². The predicted molar refractivity (Wildman–Crippen MR) is 58.4 cm³/mol. The van der Waals surface area contributed by atoms with Gasteiger partial charge in [0.15, 0.2) is 0 Å². The molecule has 0 unspecified atom stereocenters. The fourth-order valence-electron chi connectivity index (χ4n) is 1.03. The van der Waals surface area contributed by atoms with E-state index in [1.165, 1.54) is 12.1 Å². The van der Waals surface area contributed by atoms with Crippen molar-refractivity contribution < 1.29 is 4.92 Å². The van der Waals surface area contributed by atoms with Crippen molar-refractivity contribution >= 4 is 28.3 Å². The van der Waals surface area contributed by atoms with Crippen LogP contribution in [0.3, 0.4) is 0 Å². The fraction of sp³-hybridized carbons (Fsp3) is 0.125. The minimum atomic E-state index is -0.525. The summed E-state index contributed by atoms with van der Waals surface area (Å²) in [6.45, 7) is 0.208. The number of benzene rings is 1. The molecular formula is C8H6IN3O2. The Labute approximate surface area is 93.8 Å². The van der Waals surface area contributed by atoms with Gasteiger partial charge in [-0.3, -0.25) is 10.1 Å². The first-order valence-electron chi connectivity index (χ1n) is 3.67. The number of hydrogen-bond acceptors (Lipinski definition) is 4. The van der Waals surface area contributed by atoms with Gasteiger partial charge in [-0.2, -0.15) is 5.26 Å². The molecule has 1 rings (SSSR count). The monoisotopic (exact) mass is 303 g/mol. The third kappa shape index (κ3) is 2.00. The van der Waals surface area contributed by atoms with Crippen molar-refractivity contribution in [3.05, 3.63) is 36.9 Å². The molecule has 0 spiro atoms. The largest absolute Gasteiger partial charge is 0.326 e. The lowest BCUT2D eigenvalue weighted by Crippen LogP contribution is -2.03. The molecule has 0 aliphatic carbocycles. The molecule has 1 aromatic carbocycles. The summed E-state index contributed by atoms with van der Waals surface area (Å²) in [5, 5.41) is 19.2. The Balaban J connectivity index is 3.41. The molecular weight excluding hydrogens is 297 g/mol. The zero-order valence-corrected chi connectivity index (χ0v) is 9.19. The van der Waals surface area contributed by atoms with Crippen LogP contribution < -0.4 is 5.73 Å². The highest BCUT2D eigenvalue weighted by atomic mass is 127. The van der Waals surface area contributed by atoms with Gasteiger partial charge in [0, 0.05) is 22.2 Å². The van der Waals surface area contributed by atoms with Crippen LogP contribution >= 0.6 is 22.6 Å². The first kappa shape index (κ1) is 10.9. The quantitative estimate of drug-likeness (QED) is 0.509. The maximum atomic E-state index is 10.5. The van der Waals surface area contributed by atoms with Gasteiger partial charge in [0.1, 0.15) is 0 Å². The highest BCUT2D eigenvalue weighted by Gasteiger charge is 2.13. The molecule has 0 saturated heterocycles. The molecule has 0 radical (unpaired) electrons. The van der Waals surface area contributed by atoms with Crippen molar-refractivity contribution in [1.82, 2.24) is 0 Å². The van der Waals surface area contributed by atoms with Crippen molar-refractivity contribution in [2.24, 2.45) is 5.73 Å². The smallest absolute Gasteiger partial charge is 0.271 e. The van der Waals surface area contributed by atoms with Crippen molar-refractivity contribution in [2.75, 3.05) is 0 Å². The van der Waals surface area contributed by atoms with Gasteiger partial charge >= 0.3 is 0 Å². The van der Waals surface area contributed by atoms with Crippen LogP contribution in [0.4, 0.5) is 5.69 Å². The van der Waals surface area contributed by atoms with Crippen LogP contribution in [0.1, 0.15) is 11.1 Å². The van der Waals surface area contributed by atoms with E-state index in [0.717, 1.165) is 0 Å². The van der Waals surface area contributed by atoms with Crippen LogP contribution in [0.25, 0.3) is 0 Å². The first-order chi connectivity index (χ1) is 6.60. The predicted octanol–water partition coefficient (Wildman–Crippen LogP) is 1.53. The Hall–Kier alpha value is -1.20. The van der Waals surface area contributed by atoms with E-state index in [1.54, 1.807) is 0 Å². The number of nitro benzene ring substituents is 1. The molecule has 1 aromatic rings. The third-order valence-corrected chi connectivity index (χ3v) is 2.68. The van der Waals surface area contributed by atoms with Crippen LogP contribution in [-0.4, -0.2) is 4.92 Å². The molecule has 14 heavy (non-hydrogen) atoms. The maximum absolute atomic E-state index is 10.5. The lowest BCUT2D eigenvalue weighted by molar-refractivity contribution is -0.385. The van der Waals surface area contributed by atoms with Gasteiger partial charge in [-0.05, 0) is 28.2 Å². The normalized spacial score (nSPS) is 9.50. The average molecular weight is 303 g/mol. The summed E-state index contributed by atoms with van der Waals surface area (Å²) in [7, 11) is 0. The van der Waals surface area contributed by atoms with Gasteiger partial charge in [-0.1, -0.05) is 0 Å². The Morgan fingerprint density at radius 3 is 2.71 bits per heavy atom. The molecule has 5 nitrogen and oxygen atoms in total. The van der Waals surface area contributed by atoms with E-state index < -0.39 is 4.92 Å². The molecule has 0 fully saturated rings. The molecule has 72 valence electrons. The van der Waals surface area contributed by atoms with Crippen molar-refractivity contribution in [2.45, 2.75) is 6.54 Å². The van der Waals surface area contributed by atoms with Crippen molar-refractivity contribution in [3.63, 3.8) is 0 Å². The minimum Gasteiger partial charge on any atom is -0.326 e. The van der Waals surface area contributed by atoms with E-state index in [1.807, 2.05) is 28.7 Å². The van der Waals surface area contributed by atoms with Gasteiger partial charge in [0.05, 0.1) is 16.6 Å². The second-order valence-electron chi connectivity index (χ2n) is 2.53. The van der Waals surface area contributed by atoms with Gasteiger partial charge in [-0.25, -0.2) is 0 Å². The summed E-state index contributed by atoms with van der Waals surface area (Å²) >= 11 is 1.93. The summed E-state index contributed by atoms with van der Waals surface area (Å²) < 4.78 is 0.649. The molecule has 6 heteroatoms. The first-order valence-corrected chi connectivity index (χ1v) is 4.75. The van der Waals surface area contributed by atoms with Crippen LogP contribution in [0.2, 0.25) is 0 Å². The topological polar surface area (TPSA) is 92.9 Å². The number of hydrogen-bond donors (Lipinski definition) is 1. The highest BCUT2D eigenvalue weighted by Crippen LogP contribution is 2.23. The number of halogens is 1. The van der Waals surface area contributed by atoms with Gasteiger partial charge in [0.25, 0.3) is 5.69 Å². The van der Waals surface area contributed by atoms with Crippen molar-refractivity contribution in [1.29, 1.82) is 5.26 Å².